The van der Waals surface area contributed by atoms with E-state index < -0.39 is 11.2 Å². The van der Waals surface area contributed by atoms with Gasteiger partial charge in [0.05, 0.1) is 24.9 Å². The fraction of sp³-hybridized carbons (Fsp3) is 0.545. The maximum absolute atomic E-state index is 12.2. The Balaban J connectivity index is 2.05. The lowest BCUT2D eigenvalue weighted by molar-refractivity contribution is 0.0616. The highest BCUT2D eigenvalue weighted by molar-refractivity contribution is 5.96. The second-order valence-electron chi connectivity index (χ2n) is 4.59. The number of rotatable bonds is 1. The SMILES string of the molecule is COC1CC2Cn3ncc(=O)c(O)c3C(=O)N2C1. The molecule has 7 nitrogen and oxygen atoms in total. The summed E-state index contributed by atoms with van der Waals surface area (Å²) in [7, 11) is 1.61. The molecule has 1 saturated heterocycles. The number of aromatic nitrogens is 2. The molecule has 0 aliphatic carbocycles. The molecule has 2 aliphatic heterocycles. The van der Waals surface area contributed by atoms with Crippen LogP contribution in [0.5, 0.6) is 5.75 Å². The van der Waals surface area contributed by atoms with Gasteiger partial charge in [0.25, 0.3) is 5.91 Å². The van der Waals surface area contributed by atoms with Crippen LogP contribution in [-0.2, 0) is 11.3 Å². The van der Waals surface area contributed by atoms with Crippen molar-refractivity contribution in [3.8, 4) is 5.75 Å². The zero-order valence-electron chi connectivity index (χ0n) is 9.87. The second kappa shape index (κ2) is 3.81. The largest absolute Gasteiger partial charge is 0.502 e. The van der Waals surface area contributed by atoms with Crippen LogP contribution in [0.15, 0.2) is 11.0 Å². The summed E-state index contributed by atoms with van der Waals surface area (Å²) >= 11 is 0. The molecule has 1 amide bonds. The topological polar surface area (TPSA) is 84.7 Å². The molecule has 2 unspecified atom stereocenters. The lowest BCUT2D eigenvalue weighted by Crippen LogP contribution is -2.46. The van der Waals surface area contributed by atoms with Crippen LogP contribution in [0.4, 0.5) is 0 Å². The first kappa shape index (κ1) is 11.2. The fourth-order valence-electron chi connectivity index (χ4n) is 2.63. The Labute approximate surface area is 103 Å². The van der Waals surface area contributed by atoms with Gasteiger partial charge in [0.1, 0.15) is 0 Å². The van der Waals surface area contributed by atoms with Gasteiger partial charge in [-0.3, -0.25) is 14.3 Å². The van der Waals surface area contributed by atoms with E-state index in [1.165, 1.54) is 4.68 Å². The molecule has 0 bridgehead atoms. The van der Waals surface area contributed by atoms with Crippen LogP contribution in [0.2, 0.25) is 0 Å². The van der Waals surface area contributed by atoms with Crippen LogP contribution < -0.4 is 5.43 Å². The number of methoxy groups -OCH3 is 1. The highest BCUT2D eigenvalue weighted by Crippen LogP contribution is 2.29. The van der Waals surface area contributed by atoms with E-state index in [9.17, 15) is 14.7 Å². The molecule has 1 fully saturated rings. The third-order valence-electron chi connectivity index (χ3n) is 3.59. The minimum absolute atomic E-state index is 0.00253. The highest BCUT2D eigenvalue weighted by atomic mass is 16.5. The van der Waals surface area contributed by atoms with E-state index in [-0.39, 0.29) is 23.7 Å². The first-order chi connectivity index (χ1) is 8.61. The van der Waals surface area contributed by atoms with Crippen molar-refractivity contribution in [3.63, 3.8) is 0 Å². The number of hydrogen-bond acceptors (Lipinski definition) is 5. The predicted molar refractivity (Wildman–Crippen MR) is 60.4 cm³/mol. The zero-order valence-corrected chi connectivity index (χ0v) is 9.87. The summed E-state index contributed by atoms with van der Waals surface area (Å²) in [5.74, 6) is -0.872. The summed E-state index contributed by atoms with van der Waals surface area (Å²) in [5, 5.41) is 13.6. The van der Waals surface area contributed by atoms with Crippen LogP contribution in [0, 0.1) is 0 Å². The van der Waals surface area contributed by atoms with E-state index in [1.54, 1.807) is 12.0 Å². The molecule has 0 radical (unpaired) electrons. The molecule has 3 heterocycles. The van der Waals surface area contributed by atoms with Gasteiger partial charge in [-0.1, -0.05) is 0 Å². The minimum Gasteiger partial charge on any atom is -0.502 e. The van der Waals surface area contributed by atoms with Gasteiger partial charge < -0.3 is 14.7 Å². The summed E-state index contributed by atoms with van der Waals surface area (Å²) in [6.07, 6.45) is 1.78. The van der Waals surface area contributed by atoms with Crippen molar-refractivity contribution in [2.45, 2.75) is 25.1 Å². The van der Waals surface area contributed by atoms with Crippen LogP contribution in [0.3, 0.4) is 0 Å². The Morgan fingerprint density at radius 2 is 2.22 bits per heavy atom. The molecule has 0 spiro atoms. The van der Waals surface area contributed by atoms with E-state index in [1.807, 2.05) is 0 Å². The van der Waals surface area contributed by atoms with E-state index in [2.05, 4.69) is 5.10 Å². The standard InChI is InChI=1S/C11H13N3O4/c1-18-7-2-6-4-14-9(11(17)13(6)5-7)10(16)8(15)3-12-14/h3,6-7,16H,2,4-5H2,1H3. The van der Waals surface area contributed by atoms with E-state index in [4.69, 9.17) is 4.74 Å². The zero-order chi connectivity index (χ0) is 12.9. The minimum atomic E-state index is -0.629. The maximum atomic E-state index is 12.2. The van der Waals surface area contributed by atoms with Gasteiger partial charge >= 0.3 is 0 Å². The molecule has 18 heavy (non-hydrogen) atoms. The maximum Gasteiger partial charge on any atom is 0.276 e. The molecule has 7 heteroatoms. The van der Waals surface area contributed by atoms with Crippen molar-refractivity contribution in [2.24, 2.45) is 0 Å². The van der Waals surface area contributed by atoms with Crippen molar-refractivity contribution >= 4 is 5.91 Å². The number of nitrogens with zero attached hydrogens (tertiary/aromatic N) is 3. The molecule has 1 N–H and O–H groups in total. The normalized spacial score (nSPS) is 26.1. The molecule has 0 saturated carbocycles. The molecule has 0 aromatic carbocycles. The van der Waals surface area contributed by atoms with Gasteiger partial charge in [-0.15, -0.1) is 0 Å². The van der Waals surface area contributed by atoms with Crippen LogP contribution in [0.25, 0.3) is 0 Å². The van der Waals surface area contributed by atoms with Crippen molar-refractivity contribution in [1.29, 1.82) is 0 Å². The molecule has 1 aromatic heterocycles. The molecular formula is C11H13N3O4. The fourth-order valence-corrected chi connectivity index (χ4v) is 2.63. The monoisotopic (exact) mass is 251 g/mol. The van der Waals surface area contributed by atoms with Crippen molar-refractivity contribution in [1.82, 2.24) is 14.7 Å². The Bertz CT molecular complexity index is 568. The highest BCUT2D eigenvalue weighted by Gasteiger charge is 2.42. The van der Waals surface area contributed by atoms with Gasteiger partial charge in [0, 0.05) is 13.7 Å². The third-order valence-corrected chi connectivity index (χ3v) is 3.59. The predicted octanol–water partition coefficient (Wildman–Crippen LogP) is -0.808. The molecule has 3 rings (SSSR count). The van der Waals surface area contributed by atoms with Gasteiger partial charge in [0.2, 0.25) is 5.43 Å². The number of hydrogen-bond donors (Lipinski definition) is 1. The number of amides is 1. The summed E-state index contributed by atoms with van der Waals surface area (Å²) < 4.78 is 6.66. The van der Waals surface area contributed by atoms with E-state index >= 15 is 0 Å². The van der Waals surface area contributed by atoms with E-state index in [0.29, 0.717) is 13.1 Å². The summed E-state index contributed by atoms with van der Waals surface area (Å²) in [6.45, 7) is 0.970. The molecule has 2 atom stereocenters. The van der Waals surface area contributed by atoms with Crippen molar-refractivity contribution < 1.29 is 14.6 Å². The third kappa shape index (κ3) is 1.43. The van der Waals surface area contributed by atoms with E-state index in [0.717, 1.165) is 12.6 Å². The lowest BCUT2D eigenvalue weighted by atomic mass is 10.1. The summed E-state index contributed by atoms with van der Waals surface area (Å²) in [4.78, 5) is 25.2. The van der Waals surface area contributed by atoms with Crippen LogP contribution >= 0.6 is 0 Å². The molecule has 2 aliphatic rings. The Hall–Kier alpha value is -1.89. The number of carbonyl (C=O) groups is 1. The summed E-state index contributed by atoms with van der Waals surface area (Å²) in [6, 6.07) is 0.0179. The van der Waals surface area contributed by atoms with Gasteiger partial charge in [-0.2, -0.15) is 5.10 Å². The first-order valence-electron chi connectivity index (χ1n) is 5.74. The first-order valence-corrected chi connectivity index (χ1v) is 5.74. The van der Waals surface area contributed by atoms with Crippen molar-refractivity contribution in [3.05, 3.63) is 22.1 Å². The van der Waals surface area contributed by atoms with Crippen LogP contribution in [-0.4, -0.2) is 51.5 Å². The van der Waals surface area contributed by atoms with Gasteiger partial charge in [-0.05, 0) is 6.42 Å². The van der Waals surface area contributed by atoms with Gasteiger partial charge in [-0.25, -0.2) is 0 Å². The molecular weight excluding hydrogens is 238 g/mol. The number of ether oxygens (including phenoxy) is 1. The average Bonchev–Trinajstić information content (AvgIpc) is 2.77. The number of fused-ring (bicyclic) bond motifs is 2. The number of aromatic hydroxyl groups is 1. The quantitative estimate of drug-likeness (QED) is 0.705. The molecule has 96 valence electrons. The van der Waals surface area contributed by atoms with Crippen LogP contribution in [0.1, 0.15) is 16.9 Å². The van der Waals surface area contributed by atoms with Crippen molar-refractivity contribution in [2.75, 3.05) is 13.7 Å². The Morgan fingerprint density at radius 1 is 1.44 bits per heavy atom. The lowest BCUT2D eigenvalue weighted by Gasteiger charge is -2.31. The average molecular weight is 251 g/mol. The number of carbonyl (C=O) groups excluding carboxylic acids is 1. The Kier molecular flexibility index (Phi) is 2.37. The molecule has 1 aromatic rings. The Morgan fingerprint density at radius 3 is 2.94 bits per heavy atom. The summed E-state index contributed by atoms with van der Waals surface area (Å²) in [5.41, 5.74) is -0.647. The second-order valence-corrected chi connectivity index (χ2v) is 4.59. The smallest absolute Gasteiger partial charge is 0.276 e. The van der Waals surface area contributed by atoms with Gasteiger partial charge in [0.15, 0.2) is 11.4 Å².